The Morgan fingerprint density at radius 1 is 1.40 bits per heavy atom. The number of amides is 1. The third-order valence-electron chi connectivity index (χ3n) is 3.51. The average molecular weight is 290 g/mol. The molecule has 0 radical (unpaired) electrons. The molecule has 1 amide bonds. The topological polar surface area (TPSA) is 46.1 Å². The van der Waals surface area contributed by atoms with Crippen LogP contribution in [0.4, 0.5) is 11.4 Å². The maximum atomic E-state index is 12.2. The van der Waals surface area contributed by atoms with Crippen LogP contribution in [-0.4, -0.2) is 17.0 Å². The van der Waals surface area contributed by atoms with Gasteiger partial charge in [0.15, 0.2) is 0 Å². The lowest BCUT2D eigenvalue weighted by atomic mass is 10.0. The zero-order valence-corrected chi connectivity index (χ0v) is 12.0. The van der Waals surface area contributed by atoms with Crippen LogP contribution in [0, 0.1) is 0 Å². The molecule has 3 rings (SSSR count). The van der Waals surface area contributed by atoms with E-state index >= 15 is 0 Å². The van der Waals surface area contributed by atoms with Crippen LogP contribution in [0.3, 0.4) is 0 Å². The van der Waals surface area contributed by atoms with Gasteiger partial charge in [-0.05, 0) is 42.7 Å². The number of anilines is 2. The van der Waals surface area contributed by atoms with Crippen LogP contribution in [0.1, 0.15) is 22.5 Å². The van der Waals surface area contributed by atoms with Crippen molar-refractivity contribution in [2.24, 2.45) is 7.05 Å². The minimum atomic E-state index is -0.150. The SMILES string of the molecule is Cn1cc(Cl)cc1C(=O)Nc1ccc2c(c1)CCCN2. The number of benzene rings is 1. The molecule has 1 aromatic heterocycles. The van der Waals surface area contributed by atoms with Crippen LogP contribution in [0.15, 0.2) is 30.5 Å². The standard InChI is InChI=1S/C15H16ClN3O/c1-19-9-11(16)8-14(19)15(20)18-12-4-5-13-10(7-12)3-2-6-17-13/h4-5,7-9,17H,2-3,6H2,1H3,(H,18,20). The first-order valence-electron chi connectivity index (χ1n) is 6.63. The summed E-state index contributed by atoms with van der Waals surface area (Å²) in [7, 11) is 1.80. The molecule has 2 heterocycles. The lowest BCUT2D eigenvalue weighted by molar-refractivity contribution is 0.101. The summed E-state index contributed by atoms with van der Waals surface area (Å²) < 4.78 is 1.72. The van der Waals surface area contributed by atoms with E-state index in [0.29, 0.717) is 10.7 Å². The summed E-state index contributed by atoms with van der Waals surface area (Å²) in [5.41, 5.74) is 3.77. The summed E-state index contributed by atoms with van der Waals surface area (Å²) in [6.07, 6.45) is 3.88. The number of hydrogen-bond acceptors (Lipinski definition) is 2. The van der Waals surface area contributed by atoms with Crippen molar-refractivity contribution in [2.45, 2.75) is 12.8 Å². The van der Waals surface area contributed by atoms with Crippen molar-refractivity contribution in [1.29, 1.82) is 0 Å². The normalized spacial score (nSPS) is 13.5. The van der Waals surface area contributed by atoms with Gasteiger partial charge in [-0.15, -0.1) is 0 Å². The number of nitrogens with one attached hydrogen (secondary N) is 2. The van der Waals surface area contributed by atoms with Gasteiger partial charge in [0, 0.05) is 31.2 Å². The first kappa shape index (κ1) is 13.1. The van der Waals surface area contributed by atoms with E-state index in [1.807, 2.05) is 18.2 Å². The Labute approximate surface area is 122 Å². The summed E-state index contributed by atoms with van der Waals surface area (Å²) in [5.74, 6) is -0.150. The second-order valence-electron chi connectivity index (χ2n) is 5.01. The highest BCUT2D eigenvalue weighted by Gasteiger charge is 2.13. The van der Waals surface area contributed by atoms with Gasteiger partial charge in [-0.2, -0.15) is 0 Å². The fourth-order valence-electron chi connectivity index (χ4n) is 2.50. The average Bonchev–Trinajstić information content (AvgIpc) is 2.78. The summed E-state index contributed by atoms with van der Waals surface area (Å²) >= 11 is 5.90. The Morgan fingerprint density at radius 2 is 2.25 bits per heavy atom. The van der Waals surface area contributed by atoms with Gasteiger partial charge >= 0.3 is 0 Å². The van der Waals surface area contributed by atoms with Gasteiger partial charge in [0.05, 0.1) is 5.02 Å². The van der Waals surface area contributed by atoms with Crippen LogP contribution < -0.4 is 10.6 Å². The first-order valence-corrected chi connectivity index (χ1v) is 7.01. The van der Waals surface area contributed by atoms with Crippen LogP contribution in [0.25, 0.3) is 0 Å². The molecule has 0 aliphatic carbocycles. The quantitative estimate of drug-likeness (QED) is 0.891. The first-order chi connectivity index (χ1) is 9.63. The minimum absolute atomic E-state index is 0.150. The summed E-state index contributed by atoms with van der Waals surface area (Å²) in [4.78, 5) is 12.2. The molecule has 0 unspecified atom stereocenters. The summed E-state index contributed by atoms with van der Waals surface area (Å²) in [5, 5.41) is 6.83. The maximum Gasteiger partial charge on any atom is 0.272 e. The Bertz CT molecular complexity index is 663. The van der Waals surface area contributed by atoms with Crippen molar-refractivity contribution in [3.05, 3.63) is 46.7 Å². The second-order valence-corrected chi connectivity index (χ2v) is 5.45. The predicted molar refractivity (Wildman–Crippen MR) is 81.6 cm³/mol. The number of halogens is 1. The molecule has 0 saturated heterocycles. The van der Waals surface area contributed by atoms with Gasteiger partial charge in [-0.25, -0.2) is 0 Å². The van der Waals surface area contributed by atoms with Gasteiger partial charge in [-0.1, -0.05) is 11.6 Å². The van der Waals surface area contributed by atoms with E-state index < -0.39 is 0 Å². The van der Waals surface area contributed by atoms with E-state index in [1.165, 1.54) is 5.56 Å². The van der Waals surface area contributed by atoms with Gasteiger partial charge < -0.3 is 15.2 Å². The molecular weight excluding hydrogens is 274 g/mol. The van der Waals surface area contributed by atoms with E-state index in [-0.39, 0.29) is 5.91 Å². The maximum absolute atomic E-state index is 12.2. The lowest BCUT2D eigenvalue weighted by Gasteiger charge is -2.18. The number of aryl methyl sites for hydroxylation is 2. The van der Waals surface area contributed by atoms with Crippen molar-refractivity contribution in [3.8, 4) is 0 Å². The van der Waals surface area contributed by atoms with Crippen molar-refractivity contribution < 1.29 is 4.79 Å². The molecule has 20 heavy (non-hydrogen) atoms. The van der Waals surface area contributed by atoms with Gasteiger partial charge in [0.2, 0.25) is 0 Å². The van der Waals surface area contributed by atoms with Crippen LogP contribution in [0.5, 0.6) is 0 Å². The van der Waals surface area contributed by atoms with E-state index in [0.717, 1.165) is 30.8 Å². The molecule has 1 aromatic carbocycles. The number of carbonyl (C=O) groups excluding carboxylic acids is 1. The predicted octanol–water partition coefficient (Wildman–Crippen LogP) is 3.29. The highest BCUT2D eigenvalue weighted by atomic mass is 35.5. The van der Waals surface area contributed by atoms with E-state index in [9.17, 15) is 4.79 Å². The minimum Gasteiger partial charge on any atom is -0.385 e. The molecule has 1 aliphatic heterocycles. The second kappa shape index (κ2) is 5.21. The van der Waals surface area contributed by atoms with E-state index in [2.05, 4.69) is 10.6 Å². The fraction of sp³-hybridized carbons (Fsp3) is 0.267. The van der Waals surface area contributed by atoms with E-state index in [1.54, 1.807) is 23.9 Å². The molecule has 4 nitrogen and oxygen atoms in total. The number of hydrogen-bond donors (Lipinski definition) is 2. The molecular formula is C15H16ClN3O. The largest absolute Gasteiger partial charge is 0.385 e. The molecule has 104 valence electrons. The van der Waals surface area contributed by atoms with Gasteiger partial charge in [0.1, 0.15) is 5.69 Å². The Balaban J connectivity index is 1.81. The third-order valence-corrected chi connectivity index (χ3v) is 3.71. The zero-order valence-electron chi connectivity index (χ0n) is 11.2. The number of aromatic nitrogens is 1. The third kappa shape index (κ3) is 2.51. The molecule has 2 aromatic rings. The van der Waals surface area contributed by atoms with Crippen LogP contribution >= 0.6 is 11.6 Å². The van der Waals surface area contributed by atoms with Gasteiger partial charge in [-0.3, -0.25) is 4.79 Å². The number of carbonyl (C=O) groups is 1. The van der Waals surface area contributed by atoms with E-state index in [4.69, 9.17) is 11.6 Å². The number of fused-ring (bicyclic) bond motifs is 1. The lowest BCUT2D eigenvalue weighted by Crippen LogP contribution is -2.16. The van der Waals surface area contributed by atoms with Crippen molar-refractivity contribution in [3.63, 3.8) is 0 Å². The molecule has 0 fully saturated rings. The van der Waals surface area contributed by atoms with Crippen molar-refractivity contribution in [1.82, 2.24) is 4.57 Å². The monoisotopic (exact) mass is 289 g/mol. The van der Waals surface area contributed by atoms with Crippen LogP contribution in [0.2, 0.25) is 5.02 Å². The molecule has 0 spiro atoms. The highest BCUT2D eigenvalue weighted by molar-refractivity contribution is 6.31. The molecule has 0 atom stereocenters. The zero-order chi connectivity index (χ0) is 14.1. The Morgan fingerprint density at radius 3 is 3.00 bits per heavy atom. The molecule has 2 N–H and O–H groups in total. The molecule has 0 bridgehead atoms. The Hall–Kier alpha value is -1.94. The number of rotatable bonds is 2. The smallest absolute Gasteiger partial charge is 0.272 e. The van der Waals surface area contributed by atoms with Crippen LogP contribution in [-0.2, 0) is 13.5 Å². The molecule has 0 saturated carbocycles. The summed E-state index contributed by atoms with van der Waals surface area (Å²) in [6, 6.07) is 7.63. The van der Waals surface area contributed by atoms with Gasteiger partial charge in [0.25, 0.3) is 5.91 Å². The molecule has 5 heteroatoms. The fourth-order valence-corrected chi connectivity index (χ4v) is 2.75. The summed E-state index contributed by atoms with van der Waals surface area (Å²) in [6.45, 7) is 1.01. The highest BCUT2D eigenvalue weighted by Crippen LogP contribution is 2.25. The molecule has 1 aliphatic rings. The van der Waals surface area contributed by atoms with Crippen molar-refractivity contribution in [2.75, 3.05) is 17.2 Å². The Kier molecular flexibility index (Phi) is 3.40. The van der Waals surface area contributed by atoms with Crippen molar-refractivity contribution >= 4 is 28.9 Å². The number of nitrogens with zero attached hydrogens (tertiary/aromatic N) is 1.